The van der Waals surface area contributed by atoms with Crippen molar-refractivity contribution in [2.75, 3.05) is 13.7 Å². The van der Waals surface area contributed by atoms with Crippen molar-refractivity contribution >= 4 is 17.7 Å². The number of benzene rings is 2. The fraction of sp³-hybridized carbons (Fsp3) is 0.286. The number of hydrogen-bond acceptors (Lipinski definition) is 5. The Morgan fingerprint density at radius 3 is 2.29 bits per heavy atom. The van der Waals surface area contributed by atoms with Gasteiger partial charge in [-0.25, -0.2) is 9.18 Å². The molecule has 0 aliphatic heterocycles. The maximum absolute atomic E-state index is 12.9. The van der Waals surface area contributed by atoms with E-state index in [1.165, 1.54) is 19.2 Å². The van der Waals surface area contributed by atoms with Crippen molar-refractivity contribution in [3.63, 3.8) is 0 Å². The first kappa shape index (κ1) is 21.1. The number of methoxy groups -OCH3 is 1. The molecule has 1 atom stereocenters. The zero-order valence-electron chi connectivity index (χ0n) is 15.9. The molecule has 0 fully saturated rings. The Hall–Kier alpha value is -3.22. The highest BCUT2D eigenvalue weighted by Crippen LogP contribution is 2.18. The summed E-state index contributed by atoms with van der Waals surface area (Å²) in [6.07, 6.45) is 0. The van der Waals surface area contributed by atoms with Crippen LogP contribution in [0.2, 0.25) is 0 Å². The van der Waals surface area contributed by atoms with Crippen molar-refractivity contribution < 1.29 is 28.2 Å². The maximum atomic E-state index is 12.9. The smallest absolute Gasteiger partial charge is 0.329 e. The molecule has 0 saturated heterocycles. The van der Waals surface area contributed by atoms with Crippen molar-refractivity contribution in [3.8, 4) is 5.75 Å². The van der Waals surface area contributed by atoms with Gasteiger partial charge in [-0.15, -0.1) is 0 Å². The lowest BCUT2D eigenvalue weighted by atomic mass is 10.0. The lowest BCUT2D eigenvalue weighted by Gasteiger charge is -2.21. The Bertz CT molecular complexity index is 848. The van der Waals surface area contributed by atoms with Gasteiger partial charge in [0.2, 0.25) is 0 Å². The first-order valence-corrected chi connectivity index (χ1v) is 8.72. The van der Waals surface area contributed by atoms with Gasteiger partial charge in [0.25, 0.3) is 5.91 Å². The summed E-state index contributed by atoms with van der Waals surface area (Å²) >= 11 is 0. The molecule has 1 N–H and O–H groups in total. The van der Waals surface area contributed by atoms with E-state index >= 15 is 0 Å². The first-order valence-electron chi connectivity index (χ1n) is 8.72. The van der Waals surface area contributed by atoms with Gasteiger partial charge in [0.1, 0.15) is 17.6 Å². The van der Waals surface area contributed by atoms with Gasteiger partial charge in [0, 0.05) is 5.56 Å². The maximum Gasteiger partial charge on any atom is 0.329 e. The van der Waals surface area contributed by atoms with Crippen LogP contribution in [0.15, 0.2) is 48.5 Å². The van der Waals surface area contributed by atoms with Crippen LogP contribution in [-0.4, -0.2) is 37.4 Å². The molecule has 0 radical (unpaired) electrons. The standard InChI is InChI=1S/C21H22FNO5/c1-13(2)19(23-20(25)16-6-4-5-7-18(16)27-3)21(26)28-12-17(24)14-8-10-15(22)11-9-14/h4-11,13,19H,12H2,1-3H3,(H,23,25)/t19-/m0/s1. The molecular formula is C21H22FNO5. The van der Waals surface area contributed by atoms with Crippen molar-refractivity contribution in [1.29, 1.82) is 0 Å². The number of rotatable bonds is 8. The average Bonchev–Trinajstić information content (AvgIpc) is 2.70. The summed E-state index contributed by atoms with van der Waals surface area (Å²) in [4.78, 5) is 37.0. The van der Waals surface area contributed by atoms with Gasteiger partial charge in [-0.2, -0.15) is 0 Å². The number of halogens is 1. The minimum atomic E-state index is -0.946. The van der Waals surface area contributed by atoms with E-state index in [1.807, 2.05) is 0 Å². The molecule has 7 heteroatoms. The van der Waals surface area contributed by atoms with E-state index in [1.54, 1.807) is 38.1 Å². The lowest BCUT2D eigenvalue weighted by molar-refractivity contribution is -0.145. The summed E-state index contributed by atoms with van der Waals surface area (Å²) in [5.41, 5.74) is 0.513. The van der Waals surface area contributed by atoms with Gasteiger partial charge in [-0.1, -0.05) is 26.0 Å². The fourth-order valence-corrected chi connectivity index (χ4v) is 2.49. The number of para-hydroxylation sites is 1. The molecule has 148 valence electrons. The molecule has 2 rings (SSSR count). The van der Waals surface area contributed by atoms with Crippen LogP contribution in [0.25, 0.3) is 0 Å². The predicted molar refractivity (Wildman–Crippen MR) is 101 cm³/mol. The number of amides is 1. The van der Waals surface area contributed by atoms with Crippen LogP contribution in [0.3, 0.4) is 0 Å². The minimum absolute atomic E-state index is 0.230. The van der Waals surface area contributed by atoms with Crippen molar-refractivity contribution in [2.24, 2.45) is 5.92 Å². The molecule has 0 saturated carbocycles. The van der Waals surface area contributed by atoms with Gasteiger partial charge in [0.15, 0.2) is 12.4 Å². The van der Waals surface area contributed by atoms with E-state index in [0.29, 0.717) is 5.75 Å². The van der Waals surface area contributed by atoms with Crippen molar-refractivity contribution in [2.45, 2.75) is 19.9 Å². The molecule has 1 amide bonds. The highest BCUT2D eigenvalue weighted by molar-refractivity contribution is 6.00. The zero-order valence-corrected chi connectivity index (χ0v) is 15.9. The number of carbonyl (C=O) groups excluding carboxylic acids is 3. The van der Waals surface area contributed by atoms with Crippen LogP contribution in [0, 0.1) is 11.7 Å². The van der Waals surface area contributed by atoms with Gasteiger partial charge in [-0.3, -0.25) is 9.59 Å². The summed E-state index contributed by atoms with van der Waals surface area (Å²) in [6, 6.07) is 10.6. The van der Waals surface area contributed by atoms with Crippen LogP contribution >= 0.6 is 0 Å². The summed E-state index contributed by atoms with van der Waals surface area (Å²) in [7, 11) is 1.45. The van der Waals surface area contributed by atoms with Crippen molar-refractivity contribution in [1.82, 2.24) is 5.32 Å². The van der Waals surface area contributed by atoms with Gasteiger partial charge in [-0.05, 0) is 42.3 Å². The fourth-order valence-electron chi connectivity index (χ4n) is 2.49. The van der Waals surface area contributed by atoms with E-state index < -0.39 is 36.1 Å². The lowest BCUT2D eigenvalue weighted by Crippen LogP contribution is -2.45. The number of carbonyl (C=O) groups is 3. The summed E-state index contributed by atoms with van der Waals surface area (Å²) < 4.78 is 23.2. The minimum Gasteiger partial charge on any atom is -0.496 e. The van der Waals surface area contributed by atoms with Crippen LogP contribution < -0.4 is 10.1 Å². The molecular weight excluding hydrogens is 365 g/mol. The number of nitrogens with one attached hydrogen (secondary N) is 1. The molecule has 0 aromatic heterocycles. The van der Waals surface area contributed by atoms with E-state index in [0.717, 1.165) is 12.1 Å². The highest BCUT2D eigenvalue weighted by atomic mass is 19.1. The second-order valence-electron chi connectivity index (χ2n) is 6.43. The Labute approximate surface area is 162 Å². The molecule has 0 aliphatic rings. The third-order valence-electron chi connectivity index (χ3n) is 4.07. The van der Waals surface area contributed by atoms with Crippen LogP contribution in [0.1, 0.15) is 34.6 Å². The second-order valence-corrected chi connectivity index (χ2v) is 6.43. The molecule has 0 bridgehead atoms. The Kier molecular flexibility index (Phi) is 7.26. The third kappa shape index (κ3) is 5.39. The Morgan fingerprint density at radius 2 is 1.68 bits per heavy atom. The molecule has 0 aliphatic carbocycles. The van der Waals surface area contributed by atoms with E-state index in [4.69, 9.17) is 9.47 Å². The van der Waals surface area contributed by atoms with E-state index in [9.17, 15) is 18.8 Å². The molecule has 0 spiro atoms. The SMILES string of the molecule is COc1ccccc1C(=O)N[C@H](C(=O)OCC(=O)c1ccc(F)cc1)C(C)C. The third-order valence-corrected chi connectivity index (χ3v) is 4.07. The molecule has 0 heterocycles. The zero-order chi connectivity index (χ0) is 20.7. The number of esters is 1. The molecule has 2 aromatic carbocycles. The topological polar surface area (TPSA) is 81.7 Å². The predicted octanol–water partition coefficient (Wildman–Crippen LogP) is 3.01. The van der Waals surface area contributed by atoms with Gasteiger partial charge >= 0.3 is 5.97 Å². The second kappa shape index (κ2) is 9.64. The van der Waals surface area contributed by atoms with E-state index in [2.05, 4.69) is 5.32 Å². The number of Topliss-reactive ketones (excluding diaryl/α,β-unsaturated/α-hetero) is 1. The number of hydrogen-bond donors (Lipinski definition) is 1. The van der Waals surface area contributed by atoms with E-state index in [-0.39, 0.29) is 17.0 Å². The normalized spacial score (nSPS) is 11.6. The number of ether oxygens (including phenoxy) is 2. The summed E-state index contributed by atoms with van der Waals surface area (Å²) in [6.45, 7) is 2.99. The Morgan fingerprint density at radius 1 is 1.04 bits per heavy atom. The summed E-state index contributed by atoms with van der Waals surface area (Å²) in [5.74, 6) is -2.04. The van der Waals surface area contributed by atoms with Crippen LogP contribution in [0.4, 0.5) is 4.39 Å². The number of ketones is 1. The van der Waals surface area contributed by atoms with Gasteiger partial charge in [0.05, 0.1) is 12.7 Å². The molecule has 28 heavy (non-hydrogen) atoms. The monoisotopic (exact) mass is 387 g/mol. The van der Waals surface area contributed by atoms with Crippen molar-refractivity contribution in [3.05, 3.63) is 65.5 Å². The average molecular weight is 387 g/mol. The largest absolute Gasteiger partial charge is 0.496 e. The summed E-state index contributed by atoms with van der Waals surface area (Å²) in [5, 5.41) is 2.62. The van der Waals surface area contributed by atoms with Gasteiger partial charge < -0.3 is 14.8 Å². The molecule has 6 nitrogen and oxygen atoms in total. The van der Waals surface area contributed by atoms with Crippen LogP contribution in [-0.2, 0) is 9.53 Å². The molecule has 0 unspecified atom stereocenters. The highest BCUT2D eigenvalue weighted by Gasteiger charge is 2.27. The Balaban J connectivity index is 2.02. The molecule has 2 aromatic rings. The quantitative estimate of drug-likeness (QED) is 0.556. The first-order chi connectivity index (χ1) is 13.3. The van der Waals surface area contributed by atoms with Crippen LogP contribution in [0.5, 0.6) is 5.75 Å².